The third-order valence-corrected chi connectivity index (χ3v) is 3.70. The summed E-state index contributed by atoms with van der Waals surface area (Å²) in [5.41, 5.74) is 1.21. The van der Waals surface area contributed by atoms with Crippen molar-refractivity contribution in [1.82, 2.24) is 15.1 Å². The fourth-order valence-corrected chi connectivity index (χ4v) is 2.55. The Morgan fingerprint density at radius 1 is 1.62 bits per heavy atom. The fraction of sp³-hybridized carbons (Fsp3) is 0.727. The monoisotopic (exact) mass is 243 g/mol. The number of hydrogen-bond acceptors (Lipinski definition) is 3. The average molecular weight is 244 g/mol. The summed E-state index contributed by atoms with van der Waals surface area (Å²) in [6.07, 6.45) is 2.41. The van der Waals surface area contributed by atoms with E-state index in [1.54, 1.807) is 4.68 Å². The molecule has 1 aromatic rings. The van der Waals surface area contributed by atoms with Crippen molar-refractivity contribution in [3.63, 3.8) is 0 Å². The topological polar surface area (TPSA) is 50.1 Å². The molecular weight excluding hydrogens is 226 g/mol. The lowest BCUT2D eigenvalue weighted by molar-refractivity contribution is 0.0168. The molecule has 1 fully saturated rings. The van der Waals surface area contributed by atoms with Crippen molar-refractivity contribution >= 4 is 11.6 Å². The lowest BCUT2D eigenvalue weighted by Crippen LogP contribution is -2.47. The molecule has 5 heteroatoms. The summed E-state index contributed by atoms with van der Waals surface area (Å²) in [7, 11) is 1.82. The van der Waals surface area contributed by atoms with Crippen LogP contribution in [0.1, 0.15) is 24.1 Å². The molecule has 2 rings (SSSR count). The molecule has 0 bridgehead atoms. The summed E-state index contributed by atoms with van der Waals surface area (Å²) >= 11 is 6.16. The second-order valence-corrected chi connectivity index (χ2v) is 5.02. The SMILES string of the molecule is Cc1nn(C)c(Cl)c1CC1(O)CCCNC1. The first-order valence-corrected chi connectivity index (χ1v) is 6.01. The van der Waals surface area contributed by atoms with E-state index in [0.29, 0.717) is 18.1 Å². The first kappa shape index (κ1) is 11.9. The van der Waals surface area contributed by atoms with Crippen LogP contribution in [0.5, 0.6) is 0 Å². The molecule has 1 atom stereocenters. The highest BCUT2D eigenvalue weighted by molar-refractivity contribution is 6.30. The maximum atomic E-state index is 10.4. The molecule has 2 N–H and O–H groups in total. The number of halogens is 1. The highest BCUT2D eigenvalue weighted by Gasteiger charge is 2.31. The van der Waals surface area contributed by atoms with Crippen LogP contribution in [0.4, 0.5) is 0 Å². The van der Waals surface area contributed by atoms with Crippen molar-refractivity contribution in [2.75, 3.05) is 13.1 Å². The second kappa shape index (κ2) is 4.35. The van der Waals surface area contributed by atoms with Gasteiger partial charge in [0, 0.05) is 25.6 Å². The molecule has 2 heterocycles. The van der Waals surface area contributed by atoms with Gasteiger partial charge < -0.3 is 10.4 Å². The van der Waals surface area contributed by atoms with Gasteiger partial charge in [-0.1, -0.05) is 11.6 Å². The molecule has 0 saturated carbocycles. The predicted molar refractivity (Wildman–Crippen MR) is 63.7 cm³/mol. The second-order valence-electron chi connectivity index (χ2n) is 4.66. The van der Waals surface area contributed by atoms with Crippen LogP contribution in [0.15, 0.2) is 0 Å². The molecule has 1 unspecified atom stereocenters. The standard InChI is InChI=1S/C11H18ClN3O/c1-8-9(10(12)15(2)14-8)6-11(16)4-3-5-13-7-11/h13,16H,3-7H2,1-2H3. The summed E-state index contributed by atoms with van der Waals surface area (Å²) in [6, 6.07) is 0. The summed E-state index contributed by atoms with van der Waals surface area (Å²) in [4.78, 5) is 0. The summed E-state index contributed by atoms with van der Waals surface area (Å²) < 4.78 is 1.66. The number of aryl methyl sites for hydroxylation is 2. The van der Waals surface area contributed by atoms with E-state index in [1.807, 2.05) is 14.0 Å². The fourth-order valence-electron chi connectivity index (χ4n) is 2.31. The van der Waals surface area contributed by atoms with Crippen LogP contribution in [-0.2, 0) is 13.5 Å². The number of hydrogen-bond donors (Lipinski definition) is 2. The first-order chi connectivity index (χ1) is 7.52. The van der Waals surface area contributed by atoms with Crippen LogP contribution in [-0.4, -0.2) is 33.6 Å². The van der Waals surface area contributed by atoms with Crippen molar-refractivity contribution in [2.24, 2.45) is 7.05 Å². The van der Waals surface area contributed by atoms with Crippen molar-refractivity contribution < 1.29 is 5.11 Å². The Hall–Kier alpha value is -0.580. The third kappa shape index (κ3) is 2.24. The van der Waals surface area contributed by atoms with Crippen molar-refractivity contribution in [2.45, 2.75) is 31.8 Å². The zero-order valence-corrected chi connectivity index (χ0v) is 10.5. The highest BCUT2D eigenvalue weighted by atomic mass is 35.5. The van der Waals surface area contributed by atoms with E-state index >= 15 is 0 Å². The molecule has 0 spiro atoms. The Labute approximate surface area is 101 Å². The number of piperidine rings is 1. The average Bonchev–Trinajstić information content (AvgIpc) is 2.46. The maximum Gasteiger partial charge on any atom is 0.130 e. The minimum absolute atomic E-state index is 0.582. The number of aliphatic hydroxyl groups is 1. The van der Waals surface area contributed by atoms with Crippen molar-refractivity contribution in [3.8, 4) is 0 Å². The maximum absolute atomic E-state index is 10.4. The minimum Gasteiger partial charge on any atom is -0.388 e. The molecule has 1 aromatic heterocycles. The minimum atomic E-state index is -0.671. The van der Waals surface area contributed by atoms with E-state index in [4.69, 9.17) is 11.6 Å². The smallest absolute Gasteiger partial charge is 0.130 e. The highest BCUT2D eigenvalue weighted by Crippen LogP contribution is 2.27. The Morgan fingerprint density at radius 3 is 2.88 bits per heavy atom. The van der Waals surface area contributed by atoms with E-state index in [2.05, 4.69) is 10.4 Å². The van der Waals surface area contributed by atoms with E-state index in [9.17, 15) is 5.11 Å². The van der Waals surface area contributed by atoms with Crippen molar-refractivity contribution in [3.05, 3.63) is 16.4 Å². The lowest BCUT2D eigenvalue weighted by Gasteiger charge is -2.32. The van der Waals surface area contributed by atoms with Gasteiger partial charge in [0.1, 0.15) is 5.15 Å². The molecule has 0 aromatic carbocycles. The summed E-state index contributed by atoms with van der Waals surface area (Å²) in [5, 5.41) is 18.5. The van der Waals surface area contributed by atoms with Gasteiger partial charge in [0.2, 0.25) is 0 Å². The first-order valence-electron chi connectivity index (χ1n) is 5.63. The Morgan fingerprint density at radius 2 is 2.38 bits per heavy atom. The van der Waals surface area contributed by atoms with Crippen LogP contribution in [0, 0.1) is 6.92 Å². The Kier molecular flexibility index (Phi) is 3.24. The lowest BCUT2D eigenvalue weighted by atomic mass is 9.88. The van der Waals surface area contributed by atoms with E-state index in [1.165, 1.54) is 0 Å². The summed E-state index contributed by atoms with van der Waals surface area (Å²) in [6.45, 7) is 3.56. The molecule has 4 nitrogen and oxygen atoms in total. The van der Waals surface area contributed by atoms with Gasteiger partial charge in [-0.3, -0.25) is 4.68 Å². The van der Waals surface area contributed by atoms with Gasteiger partial charge in [-0.15, -0.1) is 0 Å². The van der Waals surface area contributed by atoms with E-state index < -0.39 is 5.60 Å². The molecule has 0 radical (unpaired) electrons. The third-order valence-electron chi connectivity index (χ3n) is 3.23. The zero-order chi connectivity index (χ0) is 11.8. The molecule has 1 saturated heterocycles. The van der Waals surface area contributed by atoms with Crippen LogP contribution in [0.3, 0.4) is 0 Å². The molecule has 1 aliphatic rings. The quantitative estimate of drug-likeness (QED) is 0.816. The molecule has 0 aliphatic carbocycles. The van der Waals surface area contributed by atoms with Gasteiger partial charge in [0.25, 0.3) is 0 Å². The summed E-state index contributed by atoms with van der Waals surface area (Å²) in [5.74, 6) is 0. The number of aromatic nitrogens is 2. The van der Waals surface area contributed by atoms with E-state index in [-0.39, 0.29) is 0 Å². The molecule has 90 valence electrons. The van der Waals surface area contributed by atoms with E-state index in [0.717, 1.165) is 30.6 Å². The number of β-amino-alcohol motifs (C(OH)–C–C–N with tert-alkyl or cyclic N) is 1. The predicted octanol–water partition coefficient (Wildman–Crippen LogP) is 1.04. The van der Waals surface area contributed by atoms with Crippen LogP contribution < -0.4 is 5.32 Å². The largest absolute Gasteiger partial charge is 0.388 e. The molecular formula is C11H18ClN3O. The van der Waals surface area contributed by atoms with Gasteiger partial charge in [0.15, 0.2) is 0 Å². The van der Waals surface area contributed by atoms with Crippen LogP contribution in [0.2, 0.25) is 5.15 Å². The molecule has 16 heavy (non-hydrogen) atoms. The van der Waals surface area contributed by atoms with Gasteiger partial charge >= 0.3 is 0 Å². The molecule has 0 amide bonds. The Bertz CT molecular complexity index is 383. The normalized spacial score (nSPS) is 26.0. The van der Waals surface area contributed by atoms with Crippen LogP contribution >= 0.6 is 11.6 Å². The molecule has 1 aliphatic heterocycles. The number of rotatable bonds is 2. The van der Waals surface area contributed by atoms with Gasteiger partial charge in [0.05, 0.1) is 11.3 Å². The van der Waals surface area contributed by atoms with Gasteiger partial charge in [-0.25, -0.2) is 0 Å². The number of nitrogens with zero attached hydrogens (tertiary/aromatic N) is 2. The van der Waals surface area contributed by atoms with Gasteiger partial charge in [-0.2, -0.15) is 5.10 Å². The zero-order valence-electron chi connectivity index (χ0n) is 9.76. The number of nitrogens with one attached hydrogen (secondary N) is 1. The van der Waals surface area contributed by atoms with Crippen LogP contribution in [0.25, 0.3) is 0 Å². The van der Waals surface area contributed by atoms with Gasteiger partial charge in [-0.05, 0) is 26.3 Å². The Balaban J connectivity index is 2.19. The van der Waals surface area contributed by atoms with Crippen molar-refractivity contribution in [1.29, 1.82) is 0 Å².